The fourth-order valence-corrected chi connectivity index (χ4v) is 2.45. The van der Waals surface area contributed by atoms with Gasteiger partial charge in [-0.1, -0.05) is 12.1 Å². The molecule has 1 aromatic heterocycles. The molecule has 1 heterocycles. The second kappa shape index (κ2) is 8.96. The van der Waals surface area contributed by atoms with E-state index in [9.17, 15) is 5.11 Å². The van der Waals surface area contributed by atoms with Crippen LogP contribution in [0.15, 0.2) is 35.3 Å². The number of nitrogens with one attached hydrogen (secondary N) is 2. The Labute approximate surface area is 143 Å². The Morgan fingerprint density at radius 2 is 1.96 bits per heavy atom. The third kappa shape index (κ3) is 5.61. The SMILES string of the molecule is CCNC(=NCc1ccc(O)cc1)NCCCn1nc(C)cc1C. The van der Waals surface area contributed by atoms with Gasteiger partial charge in [0, 0.05) is 25.3 Å². The molecule has 2 aromatic rings. The normalized spacial score (nSPS) is 11.5. The highest BCUT2D eigenvalue weighted by molar-refractivity contribution is 5.79. The zero-order valence-electron chi connectivity index (χ0n) is 14.7. The van der Waals surface area contributed by atoms with Crippen LogP contribution >= 0.6 is 0 Å². The van der Waals surface area contributed by atoms with E-state index in [0.29, 0.717) is 6.54 Å². The van der Waals surface area contributed by atoms with Crippen molar-refractivity contribution in [3.8, 4) is 5.75 Å². The van der Waals surface area contributed by atoms with Gasteiger partial charge >= 0.3 is 0 Å². The molecule has 3 N–H and O–H groups in total. The van der Waals surface area contributed by atoms with Crippen LogP contribution in [0.4, 0.5) is 0 Å². The monoisotopic (exact) mass is 329 g/mol. The van der Waals surface area contributed by atoms with E-state index in [1.807, 2.05) is 30.7 Å². The van der Waals surface area contributed by atoms with Crippen LogP contribution < -0.4 is 10.6 Å². The molecule has 0 radical (unpaired) electrons. The molecule has 0 amide bonds. The molecule has 0 fully saturated rings. The third-order valence-electron chi connectivity index (χ3n) is 3.64. The van der Waals surface area contributed by atoms with Crippen LogP contribution in [0.3, 0.4) is 0 Å². The molecule has 24 heavy (non-hydrogen) atoms. The van der Waals surface area contributed by atoms with Gasteiger partial charge < -0.3 is 15.7 Å². The molecule has 0 atom stereocenters. The predicted octanol–water partition coefficient (Wildman–Crippen LogP) is 2.35. The molecule has 6 heteroatoms. The van der Waals surface area contributed by atoms with Gasteiger partial charge in [0.2, 0.25) is 0 Å². The zero-order valence-corrected chi connectivity index (χ0v) is 14.7. The van der Waals surface area contributed by atoms with Gasteiger partial charge in [0.05, 0.1) is 12.2 Å². The van der Waals surface area contributed by atoms with E-state index >= 15 is 0 Å². The summed E-state index contributed by atoms with van der Waals surface area (Å²) >= 11 is 0. The summed E-state index contributed by atoms with van der Waals surface area (Å²) in [7, 11) is 0. The highest BCUT2D eigenvalue weighted by Crippen LogP contribution is 2.10. The third-order valence-corrected chi connectivity index (χ3v) is 3.64. The smallest absolute Gasteiger partial charge is 0.191 e. The van der Waals surface area contributed by atoms with Crippen LogP contribution in [0.2, 0.25) is 0 Å². The van der Waals surface area contributed by atoms with Crippen LogP contribution in [-0.4, -0.2) is 33.9 Å². The zero-order chi connectivity index (χ0) is 17.4. The lowest BCUT2D eigenvalue weighted by Crippen LogP contribution is -2.38. The summed E-state index contributed by atoms with van der Waals surface area (Å²) in [5.41, 5.74) is 3.32. The van der Waals surface area contributed by atoms with Crippen LogP contribution in [0.5, 0.6) is 5.75 Å². The lowest BCUT2D eigenvalue weighted by molar-refractivity contribution is 0.475. The highest BCUT2D eigenvalue weighted by Gasteiger charge is 2.01. The maximum absolute atomic E-state index is 9.31. The van der Waals surface area contributed by atoms with E-state index in [-0.39, 0.29) is 5.75 Å². The lowest BCUT2D eigenvalue weighted by atomic mass is 10.2. The van der Waals surface area contributed by atoms with Crippen molar-refractivity contribution in [1.29, 1.82) is 0 Å². The van der Waals surface area contributed by atoms with Gasteiger partial charge in [0.15, 0.2) is 5.96 Å². The summed E-state index contributed by atoms with van der Waals surface area (Å²) in [6, 6.07) is 9.21. The second-order valence-electron chi connectivity index (χ2n) is 5.79. The van der Waals surface area contributed by atoms with Crippen molar-refractivity contribution in [3.05, 3.63) is 47.3 Å². The molecule has 0 bridgehead atoms. The van der Waals surface area contributed by atoms with Gasteiger partial charge in [-0.25, -0.2) is 4.99 Å². The Balaban J connectivity index is 1.80. The Morgan fingerprint density at radius 3 is 2.58 bits per heavy atom. The van der Waals surface area contributed by atoms with Crippen molar-refractivity contribution in [1.82, 2.24) is 20.4 Å². The first-order valence-corrected chi connectivity index (χ1v) is 8.39. The molecule has 0 aliphatic rings. The van der Waals surface area contributed by atoms with E-state index in [4.69, 9.17) is 0 Å². The Hall–Kier alpha value is -2.50. The Kier molecular flexibility index (Phi) is 6.66. The van der Waals surface area contributed by atoms with Gasteiger partial charge in [0.1, 0.15) is 5.75 Å². The standard InChI is InChI=1S/C18H27N5O/c1-4-19-18(21-13-16-6-8-17(24)9-7-16)20-10-5-11-23-15(3)12-14(2)22-23/h6-9,12,24H,4-5,10-11,13H2,1-3H3,(H2,19,20,21). The van der Waals surface area contributed by atoms with Crippen molar-refractivity contribution >= 4 is 5.96 Å². The number of nitrogens with zero attached hydrogens (tertiary/aromatic N) is 3. The highest BCUT2D eigenvalue weighted by atomic mass is 16.3. The van der Waals surface area contributed by atoms with Crippen LogP contribution in [0, 0.1) is 13.8 Å². The van der Waals surface area contributed by atoms with Gasteiger partial charge in [-0.2, -0.15) is 5.10 Å². The van der Waals surface area contributed by atoms with Crippen molar-refractivity contribution < 1.29 is 5.11 Å². The van der Waals surface area contributed by atoms with E-state index in [1.165, 1.54) is 5.69 Å². The maximum Gasteiger partial charge on any atom is 0.191 e. The minimum absolute atomic E-state index is 0.275. The van der Waals surface area contributed by atoms with Crippen molar-refractivity contribution in [3.63, 3.8) is 0 Å². The van der Waals surface area contributed by atoms with Crippen LogP contribution in [-0.2, 0) is 13.1 Å². The fraction of sp³-hybridized carbons (Fsp3) is 0.444. The topological polar surface area (TPSA) is 74.5 Å². The van der Waals surface area contributed by atoms with E-state index < -0.39 is 0 Å². The molecule has 130 valence electrons. The van der Waals surface area contributed by atoms with Gasteiger partial charge in [-0.05, 0) is 51.0 Å². The minimum Gasteiger partial charge on any atom is -0.508 e. The largest absolute Gasteiger partial charge is 0.508 e. The number of rotatable bonds is 7. The summed E-state index contributed by atoms with van der Waals surface area (Å²) in [6.45, 7) is 9.26. The van der Waals surface area contributed by atoms with Crippen molar-refractivity contribution in [2.24, 2.45) is 4.99 Å². The maximum atomic E-state index is 9.31. The van der Waals surface area contributed by atoms with Gasteiger partial charge in [-0.15, -0.1) is 0 Å². The van der Waals surface area contributed by atoms with Crippen molar-refractivity contribution in [2.75, 3.05) is 13.1 Å². The molecule has 0 unspecified atom stereocenters. The first-order chi connectivity index (χ1) is 11.6. The number of aromatic nitrogens is 2. The minimum atomic E-state index is 0.275. The number of aromatic hydroxyl groups is 1. The first kappa shape index (κ1) is 17.8. The van der Waals surface area contributed by atoms with E-state index in [1.54, 1.807) is 12.1 Å². The number of hydrogen-bond acceptors (Lipinski definition) is 3. The van der Waals surface area contributed by atoms with Gasteiger partial charge in [-0.3, -0.25) is 4.68 Å². The molecular formula is C18H27N5O. The number of guanidine groups is 1. The summed E-state index contributed by atoms with van der Waals surface area (Å²) in [6.07, 6.45) is 0.978. The molecule has 0 saturated carbocycles. The molecule has 1 aromatic carbocycles. The van der Waals surface area contributed by atoms with E-state index in [0.717, 1.165) is 43.3 Å². The average Bonchev–Trinajstić information content (AvgIpc) is 2.88. The van der Waals surface area contributed by atoms with Gasteiger partial charge in [0.25, 0.3) is 0 Å². The average molecular weight is 329 g/mol. The van der Waals surface area contributed by atoms with E-state index in [2.05, 4.69) is 33.7 Å². The number of aliphatic imine (C=N–C) groups is 1. The number of phenols is 1. The molecule has 0 spiro atoms. The lowest BCUT2D eigenvalue weighted by Gasteiger charge is -2.11. The number of phenolic OH excluding ortho intramolecular Hbond substituents is 1. The molecule has 0 saturated heterocycles. The molecule has 6 nitrogen and oxygen atoms in total. The van der Waals surface area contributed by atoms with Crippen LogP contribution in [0.1, 0.15) is 30.3 Å². The number of benzene rings is 1. The van der Waals surface area contributed by atoms with Crippen molar-refractivity contribution in [2.45, 2.75) is 40.3 Å². The van der Waals surface area contributed by atoms with Crippen LogP contribution in [0.25, 0.3) is 0 Å². The fourth-order valence-electron chi connectivity index (χ4n) is 2.45. The quantitative estimate of drug-likeness (QED) is 0.414. The predicted molar refractivity (Wildman–Crippen MR) is 97.2 cm³/mol. The molecule has 2 rings (SSSR count). The summed E-state index contributed by atoms with van der Waals surface area (Å²) < 4.78 is 2.04. The molecule has 0 aliphatic heterocycles. The Morgan fingerprint density at radius 1 is 1.21 bits per heavy atom. The first-order valence-electron chi connectivity index (χ1n) is 8.39. The molecular weight excluding hydrogens is 302 g/mol. The molecule has 0 aliphatic carbocycles. The summed E-state index contributed by atoms with van der Waals surface area (Å²) in [4.78, 5) is 4.57. The summed E-state index contributed by atoms with van der Waals surface area (Å²) in [5.74, 6) is 1.08. The Bertz CT molecular complexity index is 661. The number of aryl methyl sites for hydroxylation is 3. The summed E-state index contributed by atoms with van der Waals surface area (Å²) in [5, 5.41) is 20.4. The second-order valence-corrected chi connectivity index (χ2v) is 5.79. The number of hydrogen-bond donors (Lipinski definition) is 3.